The van der Waals surface area contributed by atoms with Crippen molar-refractivity contribution >= 4 is 28.9 Å². The van der Waals surface area contributed by atoms with Crippen molar-refractivity contribution in [2.24, 2.45) is 0 Å². The van der Waals surface area contributed by atoms with Gasteiger partial charge in [0.15, 0.2) is 5.12 Å². The van der Waals surface area contributed by atoms with Crippen molar-refractivity contribution in [3.63, 3.8) is 0 Å². The Hall–Kier alpha value is -1.55. The molecule has 0 unspecified atom stereocenters. The second kappa shape index (κ2) is 6.57. The van der Waals surface area contributed by atoms with Crippen LogP contribution in [0.5, 0.6) is 0 Å². The van der Waals surface area contributed by atoms with Crippen LogP contribution in [0.15, 0.2) is 30.3 Å². The standard InChI is InChI=1S/C15H18O3S/c1-11(16)19-10-4-5-12-6-8-13(9-7-12)15(2,3)14(17)18/h4-9H,10H2,1-3H3,(H,17,18). The molecule has 1 N–H and O–H groups in total. The van der Waals surface area contributed by atoms with Gasteiger partial charge in [-0.2, -0.15) is 0 Å². The topological polar surface area (TPSA) is 54.4 Å². The summed E-state index contributed by atoms with van der Waals surface area (Å²) in [6, 6.07) is 7.42. The lowest BCUT2D eigenvalue weighted by Gasteiger charge is -2.19. The molecule has 0 heterocycles. The molecule has 3 nitrogen and oxygen atoms in total. The molecule has 0 spiro atoms. The monoisotopic (exact) mass is 278 g/mol. The lowest BCUT2D eigenvalue weighted by molar-refractivity contribution is -0.142. The van der Waals surface area contributed by atoms with Crippen LogP contribution in [0.2, 0.25) is 0 Å². The predicted octanol–water partition coefficient (Wildman–Crippen LogP) is 3.34. The molecule has 0 aliphatic rings. The van der Waals surface area contributed by atoms with Crippen molar-refractivity contribution in [1.29, 1.82) is 0 Å². The summed E-state index contributed by atoms with van der Waals surface area (Å²) in [5, 5.41) is 9.24. The van der Waals surface area contributed by atoms with Gasteiger partial charge in [0.25, 0.3) is 0 Å². The fourth-order valence-electron chi connectivity index (χ4n) is 1.48. The Bertz CT molecular complexity index is 487. The van der Waals surface area contributed by atoms with Crippen LogP contribution in [-0.2, 0) is 15.0 Å². The third kappa shape index (κ3) is 4.56. The van der Waals surface area contributed by atoms with Gasteiger partial charge in [-0.25, -0.2) is 0 Å². The smallest absolute Gasteiger partial charge is 0.313 e. The van der Waals surface area contributed by atoms with Gasteiger partial charge in [-0.15, -0.1) is 0 Å². The van der Waals surface area contributed by atoms with E-state index in [-0.39, 0.29) is 5.12 Å². The zero-order chi connectivity index (χ0) is 14.5. The van der Waals surface area contributed by atoms with Gasteiger partial charge in [0, 0.05) is 12.7 Å². The van der Waals surface area contributed by atoms with Crippen molar-refractivity contribution in [2.45, 2.75) is 26.2 Å². The second-order valence-electron chi connectivity index (χ2n) is 4.76. The maximum absolute atomic E-state index is 11.1. The van der Waals surface area contributed by atoms with E-state index < -0.39 is 11.4 Å². The molecule has 1 aromatic rings. The van der Waals surface area contributed by atoms with Crippen LogP contribution in [0.1, 0.15) is 31.9 Å². The molecule has 0 saturated heterocycles. The van der Waals surface area contributed by atoms with E-state index >= 15 is 0 Å². The summed E-state index contributed by atoms with van der Waals surface area (Å²) in [6.45, 7) is 4.91. The molecule has 19 heavy (non-hydrogen) atoms. The maximum atomic E-state index is 11.1. The molecule has 0 aromatic heterocycles. The van der Waals surface area contributed by atoms with Crippen LogP contribution in [0.3, 0.4) is 0 Å². The molecule has 0 bridgehead atoms. The van der Waals surface area contributed by atoms with E-state index in [2.05, 4.69) is 0 Å². The summed E-state index contributed by atoms with van der Waals surface area (Å²) in [4.78, 5) is 21.9. The number of carbonyl (C=O) groups excluding carboxylic acids is 1. The first-order valence-electron chi connectivity index (χ1n) is 5.98. The first-order valence-corrected chi connectivity index (χ1v) is 6.96. The summed E-state index contributed by atoms with van der Waals surface area (Å²) >= 11 is 1.26. The fourth-order valence-corrected chi connectivity index (χ4v) is 1.91. The van der Waals surface area contributed by atoms with Crippen molar-refractivity contribution < 1.29 is 14.7 Å². The average Bonchev–Trinajstić information content (AvgIpc) is 2.35. The largest absolute Gasteiger partial charge is 0.481 e. The zero-order valence-electron chi connectivity index (χ0n) is 11.3. The van der Waals surface area contributed by atoms with Gasteiger partial charge in [-0.1, -0.05) is 48.2 Å². The minimum Gasteiger partial charge on any atom is -0.481 e. The third-order valence-electron chi connectivity index (χ3n) is 2.86. The fraction of sp³-hybridized carbons (Fsp3) is 0.333. The van der Waals surface area contributed by atoms with Gasteiger partial charge in [-0.3, -0.25) is 9.59 Å². The Morgan fingerprint density at radius 2 is 1.84 bits per heavy atom. The summed E-state index contributed by atoms with van der Waals surface area (Å²) < 4.78 is 0. The molecule has 0 radical (unpaired) electrons. The number of carboxylic acids is 1. The molecular weight excluding hydrogens is 260 g/mol. The number of thioether (sulfide) groups is 1. The van der Waals surface area contributed by atoms with Crippen LogP contribution in [0, 0.1) is 0 Å². The van der Waals surface area contributed by atoms with E-state index in [4.69, 9.17) is 5.11 Å². The normalized spacial score (nSPS) is 11.7. The van der Waals surface area contributed by atoms with Crippen LogP contribution in [-0.4, -0.2) is 21.9 Å². The Morgan fingerprint density at radius 1 is 1.26 bits per heavy atom. The number of carbonyl (C=O) groups is 2. The summed E-state index contributed by atoms with van der Waals surface area (Å²) in [7, 11) is 0. The molecule has 0 fully saturated rings. The van der Waals surface area contributed by atoms with Gasteiger partial charge in [0.1, 0.15) is 0 Å². The van der Waals surface area contributed by atoms with Crippen molar-refractivity contribution in [3.8, 4) is 0 Å². The van der Waals surface area contributed by atoms with E-state index in [0.29, 0.717) is 5.75 Å². The zero-order valence-corrected chi connectivity index (χ0v) is 12.2. The van der Waals surface area contributed by atoms with Crippen molar-refractivity contribution in [3.05, 3.63) is 41.5 Å². The van der Waals surface area contributed by atoms with Gasteiger partial charge < -0.3 is 5.11 Å². The molecule has 0 saturated carbocycles. The number of benzene rings is 1. The van der Waals surface area contributed by atoms with E-state index in [1.807, 2.05) is 36.4 Å². The van der Waals surface area contributed by atoms with Crippen LogP contribution >= 0.6 is 11.8 Å². The molecule has 102 valence electrons. The lowest BCUT2D eigenvalue weighted by Crippen LogP contribution is -2.28. The molecule has 0 amide bonds. The summed E-state index contributed by atoms with van der Waals surface area (Å²) in [5.74, 6) is -0.189. The molecule has 0 atom stereocenters. The first-order chi connectivity index (χ1) is 8.84. The number of hydrogen-bond donors (Lipinski definition) is 1. The number of hydrogen-bond acceptors (Lipinski definition) is 3. The third-order valence-corrected chi connectivity index (χ3v) is 3.63. The first kappa shape index (κ1) is 15.5. The van der Waals surface area contributed by atoms with E-state index in [0.717, 1.165) is 11.1 Å². The molecule has 1 aromatic carbocycles. The lowest BCUT2D eigenvalue weighted by atomic mass is 9.84. The quantitative estimate of drug-likeness (QED) is 0.897. The Morgan fingerprint density at radius 3 is 2.32 bits per heavy atom. The highest BCUT2D eigenvalue weighted by Gasteiger charge is 2.28. The van der Waals surface area contributed by atoms with Crippen LogP contribution < -0.4 is 0 Å². The molecule has 0 aliphatic heterocycles. The molecule has 1 rings (SSSR count). The second-order valence-corrected chi connectivity index (χ2v) is 5.95. The Kier molecular flexibility index (Phi) is 5.36. The highest BCUT2D eigenvalue weighted by molar-refractivity contribution is 8.13. The van der Waals surface area contributed by atoms with Gasteiger partial charge in [0.2, 0.25) is 0 Å². The van der Waals surface area contributed by atoms with E-state index in [9.17, 15) is 9.59 Å². The molecule has 0 aliphatic carbocycles. The van der Waals surface area contributed by atoms with Gasteiger partial charge in [0.05, 0.1) is 5.41 Å². The average molecular weight is 278 g/mol. The number of carboxylic acid groups (broad SMARTS) is 1. The van der Waals surface area contributed by atoms with E-state index in [1.165, 1.54) is 11.8 Å². The summed E-state index contributed by atoms with van der Waals surface area (Å²) in [6.07, 6.45) is 3.84. The minimum absolute atomic E-state index is 0.100. The molecule has 4 heteroatoms. The van der Waals surface area contributed by atoms with Crippen LogP contribution in [0.25, 0.3) is 6.08 Å². The van der Waals surface area contributed by atoms with Gasteiger partial charge in [-0.05, 0) is 25.0 Å². The van der Waals surface area contributed by atoms with E-state index in [1.54, 1.807) is 20.8 Å². The Labute approximate surface area is 117 Å². The minimum atomic E-state index is -0.882. The Balaban J connectivity index is 2.72. The highest BCUT2D eigenvalue weighted by Crippen LogP contribution is 2.23. The van der Waals surface area contributed by atoms with Crippen LogP contribution in [0.4, 0.5) is 0 Å². The highest BCUT2D eigenvalue weighted by atomic mass is 32.2. The summed E-state index contributed by atoms with van der Waals surface area (Å²) in [5.41, 5.74) is 0.886. The van der Waals surface area contributed by atoms with Crippen molar-refractivity contribution in [1.82, 2.24) is 0 Å². The number of aliphatic carboxylic acids is 1. The number of rotatable bonds is 5. The predicted molar refractivity (Wildman–Crippen MR) is 79.3 cm³/mol. The van der Waals surface area contributed by atoms with Gasteiger partial charge >= 0.3 is 5.97 Å². The maximum Gasteiger partial charge on any atom is 0.313 e. The van der Waals surface area contributed by atoms with Crippen molar-refractivity contribution in [2.75, 3.05) is 5.75 Å². The molecular formula is C15H18O3S. The SMILES string of the molecule is CC(=O)SCC=Cc1ccc(C(C)(C)C(=O)O)cc1.